The van der Waals surface area contributed by atoms with Crippen LogP contribution in [0.5, 0.6) is 0 Å². The van der Waals surface area contributed by atoms with Crippen molar-refractivity contribution < 1.29 is 9.53 Å². The monoisotopic (exact) mass is 244 g/mol. The van der Waals surface area contributed by atoms with E-state index in [0.29, 0.717) is 11.3 Å². The van der Waals surface area contributed by atoms with E-state index >= 15 is 0 Å². The van der Waals surface area contributed by atoms with Crippen molar-refractivity contribution in [2.45, 2.75) is 31.8 Å². The van der Waals surface area contributed by atoms with E-state index in [4.69, 9.17) is 10.5 Å². The van der Waals surface area contributed by atoms with Crippen LogP contribution >= 0.6 is 0 Å². The Morgan fingerprint density at radius 3 is 2.89 bits per heavy atom. The third kappa shape index (κ3) is 1.94. The van der Waals surface area contributed by atoms with Crippen LogP contribution < -0.4 is 5.73 Å². The number of nitrogen functional groups attached to an aromatic ring is 1. The maximum Gasteiger partial charge on any atom is 0.340 e. The van der Waals surface area contributed by atoms with E-state index in [1.807, 2.05) is 12.1 Å². The second kappa shape index (κ2) is 4.37. The van der Waals surface area contributed by atoms with E-state index in [-0.39, 0.29) is 12.1 Å². The fraction of sp³-hybridized carbons (Fsp3) is 0.357. The van der Waals surface area contributed by atoms with Crippen molar-refractivity contribution in [1.82, 2.24) is 4.98 Å². The fourth-order valence-electron chi connectivity index (χ4n) is 2.53. The molecule has 1 aliphatic rings. The molecule has 0 spiro atoms. The first-order chi connectivity index (χ1) is 8.74. The van der Waals surface area contributed by atoms with E-state index in [1.54, 1.807) is 12.3 Å². The van der Waals surface area contributed by atoms with E-state index < -0.39 is 0 Å². The van der Waals surface area contributed by atoms with Gasteiger partial charge in [0.15, 0.2) is 0 Å². The highest BCUT2D eigenvalue weighted by Gasteiger charge is 2.21. The molecular formula is C14H16N2O2. The molecule has 18 heavy (non-hydrogen) atoms. The maximum absolute atomic E-state index is 12.1. The first kappa shape index (κ1) is 11.1. The molecule has 4 nitrogen and oxygen atoms in total. The number of H-pyrrole nitrogens is 1. The number of rotatable bonds is 2. The Balaban J connectivity index is 1.86. The van der Waals surface area contributed by atoms with E-state index in [2.05, 4.69) is 4.98 Å². The van der Waals surface area contributed by atoms with Crippen LogP contribution in [0.4, 0.5) is 5.69 Å². The molecule has 0 aliphatic heterocycles. The second-order valence-electron chi connectivity index (χ2n) is 4.82. The molecule has 1 aliphatic carbocycles. The molecule has 0 unspecified atom stereocenters. The van der Waals surface area contributed by atoms with Crippen LogP contribution in [0, 0.1) is 0 Å². The second-order valence-corrected chi connectivity index (χ2v) is 4.82. The topological polar surface area (TPSA) is 68.1 Å². The van der Waals surface area contributed by atoms with Crippen LogP contribution in [0.1, 0.15) is 36.0 Å². The van der Waals surface area contributed by atoms with Gasteiger partial charge in [-0.25, -0.2) is 4.79 Å². The number of hydrogen-bond acceptors (Lipinski definition) is 3. The van der Waals surface area contributed by atoms with Crippen LogP contribution in [0.25, 0.3) is 10.9 Å². The lowest BCUT2D eigenvalue weighted by Crippen LogP contribution is -2.14. The molecule has 3 rings (SSSR count). The molecule has 0 radical (unpaired) electrons. The average Bonchev–Trinajstić information content (AvgIpc) is 2.97. The molecule has 1 aromatic heterocycles. The van der Waals surface area contributed by atoms with Crippen molar-refractivity contribution >= 4 is 22.6 Å². The normalized spacial score (nSPS) is 16.2. The number of aromatic nitrogens is 1. The SMILES string of the molecule is Nc1ccc2c(C(=O)OC3CCCC3)c[nH]c2c1. The smallest absolute Gasteiger partial charge is 0.340 e. The highest BCUT2D eigenvalue weighted by atomic mass is 16.5. The van der Waals surface area contributed by atoms with Crippen molar-refractivity contribution in [3.8, 4) is 0 Å². The van der Waals surface area contributed by atoms with Gasteiger partial charge >= 0.3 is 5.97 Å². The molecule has 0 saturated heterocycles. The number of nitrogens with two attached hydrogens (primary N) is 1. The minimum absolute atomic E-state index is 0.0937. The number of carbonyl (C=O) groups excluding carboxylic acids is 1. The molecule has 1 saturated carbocycles. The maximum atomic E-state index is 12.1. The van der Waals surface area contributed by atoms with Crippen molar-refractivity contribution in [2.24, 2.45) is 0 Å². The summed E-state index contributed by atoms with van der Waals surface area (Å²) in [7, 11) is 0. The Labute approximate surface area is 105 Å². The van der Waals surface area contributed by atoms with E-state index in [1.165, 1.54) is 0 Å². The predicted octanol–water partition coefficient (Wildman–Crippen LogP) is 2.85. The largest absolute Gasteiger partial charge is 0.459 e. The van der Waals surface area contributed by atoms with Gasteiger partial charge in [0, 0.05) is 22.8 Å². The van der Waals surface area contributed by atoms with Gasteiger partial charge in [0.05, 0.1) is 5.56 Å². The molecule has 1 fully saturated rings. The van der Waals surface area contributed by atoms with E-state index in [0.717, 1.165) is 36.6 Å². The first-order valence-electron chi connectivity index (χ1n) is 6.31. The van der Waals surface area contributed by atoms with Crippen LogP contribution in [-0.4, -0.2) is 17.1 Å². The summed E-state index contributed by atoms with van der Waals surface area (Å²) in [4.78, 5) is 15.1. The van der Waals surface area contributed by atoms with Gasteiger partial charge in [-0.3, -0.25) is 0 Å². The first-order valence-corrected chi connectivity index (χ1v) is 6.31. The highest BCUT2D eigenvalue weighted by Crippen LogP contribution is 2.25. The number of aromatic amines is 1. The summed E-state index contributed by atoms with van der Waals surface area (Å²) in [5.41, 5.74) is 7.85. The van der Waals surface area contributed by atoms with Crippen LogP contribution in [-0.2, 0) is 4.74 Å². The van der Waals surface area contributed by atoms with Gasteiger partial charge in [-0.05, 0) is 43.9 Å². The number of nitrogens with one attached hydrogen (secondary N) is 1. The molecule has 1 aromatic carbocycles. The fourth-order valence-corrected chi connectivity index (χ4v) is 2.53. The minimum atomic E-state index is -0.238. The zero-order valence-corrected chi connectivity index (χ0v) is 10.1. The Hall–Kier alpha value is -1.97. The highest BCUT2D eigenvalue weighted by molar-refractivity contribution is 6.04. The van der Waals surface area contributed by atoms with Gasteiger partial charge in [-0.15, -0.1) is 0 Å². The Morgan fingerprint density at radius 2 is 2.11 bits per heavy atom. The molecule has 4 heteroatoms. The summed E-state index contributed by atoms with van der Waals surface area (Å²) in [5.74, 6) is -0.238. The molecule has 0 bridgehead atoms. The summed E-state index contributed by atoms with van der Waals surface area (Å²) in [6, 6.07) is 5.47. The zero-order valence-electron chi connectivity index (χ0n) is 10.1. The van der Waals surface area contributed by atoms with Crippen molar-refractivity contribution in [1.29, 1.82) is 0 Å². The lowest BCUT2D eigenvalue weighted by atomic mass is 10.1. The number of hydrogen-bond donors (Lipinski definition) is 2. The van der Waals surface area contributed by atoms with Gasteiger partial charge in [0.2, 0.25) is 0 Å². The summed E-state index contributed by atoms with van der Waals surface area (Å²) in [6.07, 6.45) is 6.07. The minimum Gasteiger partial charge on any atom is -0.459 e. The molecule has 1 heterocycles. The Kier molecular flexibility index (Phi) is 2.70. The summed E-state index contributed by atoms with van der Waals surface area (Å²) in [6.45, 7) is 0. The van der Waals surface area contributed by atoms with Gasteiger partial charge in [0.1, 0.15) is 6.10 Å². The molecular weight excluding hydrogens is 228 g/mol. The van der Waals surface area contributed by atoms with Gasteiger partial charge in [-0.2, -0.15) is 0 Å². The molecule has 94 valence electrons. The molecule has 0 atom stereocenters. The molecule has 3 N–H and O–H groups in total. The zero-order chi connectivity index (χ0) is 12.5. The Morgan fingerprint density at radius 1 is 1.33 bits per heavy atom. The number of ether oxygens (including phenoxy) is 1. The third-order valence-corrected chi connectivity index (χ3v) is 3.50. The van der Waals surface area contributed by atoms with Crippen LogP contribution in [0.2, 0.25) is 0 Å². The van der Waals surface area contributed by atoms with Crippen molar-refractivity contribution in [3.63, 3.8) is 0 Å². The number of carbonyl (C=O) groups is 1. The van der Waals surface area contributed by atoms with Crippen LogP contribution in [0.15, 0.2) is 24.4 Å². The summed E-state index contributed by atoms with van der Waals surface area (Å²) >= 11 is 0. The Bertz CT molecular complexity index is 582. The summed E-state index contributed by atoms with van der Waals surface area (Å²) in [5, 5.41) is 0.868. The quantitative estimate of drug-likeness (QED) is 0.630. The third-order valence-electron chi connectivity index (χ3n) is 3.50. The van der Waals surface area contributed by atoms with Gasteiger partial charge in [-0.1, -0.05) is 0 Å². The van der Waals surface area contributed by atoms with Crippen molar-refractivity contribution in [2.75, 3.05) is 5.73 Å². The standard InChI is InChI=1S/C14H16N2O2/c15-9-5-6-11-12(8-16-13(11)7-9)14(17)18-10-3-1-2-4-10/h5-8,10,16H,1-4,15H2. The van der Waals surface area contributed by atoms with Crippen LogP contribution in [0.3, 0.4) is 0 Å². The van der Waals surface area contributed by atoms with Gasteiger partial charge < -0.3 is 15.5 Å². The summed E-state index contributed by atoms with van der Waals surface area (Å²) < 4.78 is 5.50. The van der Waals surface area contributed by atoms with Crippen molar-refractivity contribution in [3.05, 3.63) is 30.0 Å². The number of fused-ring (bicyclic) bond motifs is 1. The number of benzene rings is 1. The molecule has 0 amide bonds. The van der Waals surface area contributed by atoms with Gasteiger partial charge in [0.25, 0.3) is 0 Å². The lowest BCUT2D eigenvalue weighted by Gasteiger charge is -2.10. The lowest BCUT2D eigenvalue weighted by molar-refractivity contribution is 0.0320. The predicted molar refractivity (Wildman–Crippen MR) is 70.4 cm³/mol. The number of anilines is 1. The van der Waals surface area contributed by atoms with E-state index in [9.17, 15) is 4.79 Å². The number of esters is 1. The average molecular weight is 244 g/mol. The molecule has 2 aromatic rings.